The molecule has 0 spiro atoms. The van der Waals surface area contributed by atoms with Gasteiger partial charge in [0.1, 0.15) is 0 Å². The van der Waals surface area contributed by atoms with Crippen LogP contribution in [-0.4, -0.2) is 29.1 Å². The summed E-state index contributed by atoms with van der Waals surface area (Å²) in [6.45, 7) is 4.69. The number of pyridine rings is 1. The smallest absolute Gasteiger partial charge is 0.228 e. The highest BCUT2D eigenvalue weighted by Gasteiger charge is 2.49. The van der Waals surface area contributed by atoms with Gasteiger partial charge in [-0.15, -0.1) is 0 Å². The van der Waals surface area contributed by atoms with Crippen molar-refractivity contribution in [2.24, 2.45) is 5.41 Å². The van der Waals surface area contributed by atoms with Gasteiger partial charge >= 0.3 is 0 Å². The molecule has 0 radical (unpaired) electrons. The van der Waals surface area contributed by atoms with Crippen molar-refractivity contribution in [2.45, 2.75) is 32.1 Å². The van der Waals surface area contributed by atoms with Gasteiger partial charge in [-0.25, -0.2) is 0 Å². The van der Waals surface area contributed by atoms with Gasteiger partial charge in [0.05, 0.1) is 12.0 Å². The number of hydrogen-bond acceptors (Lipinski definition) is 3. The van der Waals surface area contributed by atoms with Crippen molar-refractivity contribution in [3.63, 3.8) is 0 Å². The van der Waals surface area contributed by atoms with Crippen LogP contribution in [0.1, 0.15) is 32.3 Å². The van der Waals surface area contributed by atoms with Crippen LogP contribution >= 0.6 is 0 Å². The Balaban J connectivity index is 1.95. The Labute approximate surface area is 107 Å². The fourth-order valence-corrected chi connectivity index (χ4v) is 2.00. The first-order valence-electron chi connectivity index (χ1n) is 6.30. The standard InChI is InChI=1S/C14H20N2O2/c1-13(2,11-3-7-15-8-4-11)9-16-12(18)14(10-17)5-6-14/h3-4,7-8,17H,5-6,9-10H2,1-2H3,(H,16,18). The topological polar surface area (TPSA) is 62.2 Å². The third-order valence-electron chi connectivity index (χ3n) is 3.79. The first-order chi connectivity index (χ1) is 8.50. The fraction of sp³-hybridized carbons (Fsp3) is 0.571. The molecule has 2 rings (SSSR count). The summed E-state index contributed by atoms with van der Waals surface area (Å²) in [7, 11) is 0. The van der Waals surface area contributed by atoms with Gasteiger partial charge in [0.25, 0.3) is 0 Å². The van der Waals surface area contributed by atoms with E-state index in [-0.39, 0.29) is 17.9 Å². The third-order valence-corrected chi connectivity index (χ3v) is 3.79. The lowest BCUT2D eigenvalue weighted by molar-refractivity contribution is -0.127. The molecule has 0 saturated heterocycles. The molecule has 4 nitrogen and oxygen atoms in total. The van der Waals surface area contributed by atoms with E-state index < -0.39 is 5.41 Å². The molecule has 1 heterocycles. The van der Waals surface area contributed by atoms with Gasteiger partial charge in [0, 0.05) is 24.4 Å². The van der Waals surface area contributed by atoms with Crippen LogP contribution in [-0.2, 0) is 10.2 Å². The number of hydrogen-bond donors (Lipinski definition) is 2. The molecule has 0 atom stereocenters. The van der Waals surface area contributed by atoms with Gasteiger partial charge in [-0.05, 0) is 30.5 Å². The van der Waals surface area contributed by atoms with Crippen LogP contribution in [0.4, 0.5) is 0 Å². The van der Waals surface area contributed by atoms with Crippen LogP contribution < -0.4 is 5.32 Å². The molecule has 98 valence electrons. The summed E-state index contributed by atoms with van der Waals surface area (Å²) in [6.07, 6.45) is 5.11. The van der Waals surface area contributed by atoms with E-state index >= 15 is 0 Å². The molecule has 1 aliphatic rings. The zero-order chi connectivity index (χ0) is 13.2. The predicted octanol–water partition coefficient (Wildman–Crippen LogP) is 1.25. The summed E-state index contributed by atoms with van der Waals surface area (Å²) < 4.78 is 0. The molecule has 1 aromatic heterocycles. The minimum atomic E-state index is -0.492. The molecule has 0 bridgehead atoms. The number of aliphatic hydroxyl groups is 1. The lowest BCUT2D eigenvalue weighted by Gasteiger charge is -2.26. The zero-order valence-electron chi connectivity index (χ0n) is 10.9. The number of carbonyl (C=O) groups is 1. The Morgan fingerprint density at radius 1 is 1.44 bits per heavy atom. The molecule has 1 aliphatic carbocycles. The van der Waals surface area contributed by atoms with Gasteiger partial charge in [-0.1, -0.05) is 13.8 Å². The van der Waals surface area contributed by atoms with Crippen LogP contribution in [0.25, 0.3) is 0 Å². The molecular weight excluding hydrogens is 228 g/mol. The second-order valence-electron chi connectivity index (χ2n) is 5.74. The third kappa shape index (κ3) is 2.53. The van der Waals surface area contributed by atoms with Crippen molar-refractivity contribution in [2.75, 3.05) is 13.2 Å². The Kier molecular flexibility index (Phi) is 3.39. The van der Waals surface area contributed by atoms with E-state index in [0.29, 0.717) is 6.54 Å². The molecule has 4 heteroatoms. The number of aromatic nitrogens is 1. The van der Waals surface area contributed by atoms with Gasteiger partial charge < -0.3 is 10.4 Å². The number of aliphatic hydroxyl groups excluding tert-OH is 1. The first kappa shape index (κ1) is 13.0. The second kappa shape index (κ2) is 4.69. The number of carbonyl (C=O) groups excluding carboxylic acids is 1. The predicted molar refractivity (Wildman–Crippen MR) is 69.0 cm³/mol. The molecule has 1 amide bonds. The maximum absolute atomic E-state index is 12.0. The summed E-state index contributed by atoms with van der Waals surface area (Å²) in [4.78, 5) is 15.9. The highest BCUT2D eigenvalue weighted by atomic mass is 16.3. The summed E-state index contributed by atoms with van der Waals surface area (Å²) in [6, 6.07) is 3.93. The van der Waals surface area contributed by atoms with Gasteiger partial charge in [-0.2, -0.15) is 0 Å². The summed E-state index contributed by atoms with van der Waals surface area (Å²) in [5.41, 5.74) is 0.519. The Morgan fingerprint density at radius 2 is 2.06 bits per heavy atom. The van der Waals surface area contributed by atoms with Crippen LogP contribution in [0.5, 0.6) is 0 Å². The fourth-order valence-electron chi connectivity index (χ4n) is 2.00. The second-order valence-corrected chi connectivity index (χ2v) is 5.74. The number of amides is 1. The van der Waals surface area contributed by atoms with Gasteiger partial charge in [0.2, 0.25) is 5.91 Å². The van der Waals surface area contributed by atoms with E-state index in [4.69, 9.17) is 0 Å². The Morgan fingerprint density at radius 3 is 2.56 bits per heavy atom. The monoisotopic (exact) mass is 248 g/mol. The van der Waals surface area contributed by atoms with E-state index in [9.17, 15) is 9.90 Å². The average Bonchev–Trinajstić information content (AvgIpc) is 3.18. The summed E-state index contributed by atoms with van der Waals surface area (Å²) in [5, 5.41) is 12.2. The molecule has 0 aliphatic heterocycles. The Hall–Kier alpha value is -1.42. The highest BCUT2D eigenvalue weighted by Crippen LogP contribution is 2.45. The lowest BCUT2D eigenvalue weighted by atomic mass is 9.85. The van der Waals surface area contributed by atoms with E-state index in [1.54, 1.807) is 12.4 Å². The minimum absolute atomic E-state index is 0.0212. The van der Waals surface area contributed by atoms with Crippen molar-refractivity contribution in [1.29, 1.82) is 0 Å². The van der Waals surface area contributed by atoms with E-state index in [0.717, 1.165) is 18.4 Å². The molecule has 1 saturated carbocycles. The normalized spacial score (nSPS) is 17.3. The van der Waals surface area contributed by atoms with E-state index in [2.05, 4.69) is 24.1 Å². The zero-order valence-corrected chi connectivity index (χ0v) is 10.9. The van der Waals surface area contributed by atoms with Crippen molar-refractivity contribution < 1.29 is 9.90 Å². The molecule has 0 aromatic carbocycles. The summed E-state index contributed by atoms with van der Waals surface area (Å²) in [5.74, 6) is -0.0212. The van der Waals surface area contributed by atoms with Crippen molar-refractivity contribution in [1.82, 2.24) is 10.3 Å². The molecular formula is C14H20N2O2. The molecule has 0 unspecified atom stereocenters. The van der Waals surface area contributed by atoms with Gasteiger partial charge in [0.15, 0.2) is 0 Å². The molecule has 18 heavy (non-hydrogen) atoms. The number of nitrogens with zero attached hydrogens (tertiary/aromatic N) is 1. The maximum Gasteiger partial charge on any atom is 0.228 e. The quantitative estimate of drug-likeness (QED) is 0.824. The van der Waals surface area contributed by atoms with Crippen LogP contribution in [0.15, 0.2) is 24.5 Å². The highest BCUT2D eigenvalue weighted by molar-refractivity contribution is 5.85. The van der Waals surface area contributed by atoms with Crippen LogP contribution in [0.3, 0.4) is 0 Å². The number of rotatable bonds is 5. The van der Waals surface area contributed by atoms with Crippen molar-refractivity contribution in [3.05, 3.63) is 30.1 Å². The van der Waals surface area contributed by atoms with E-state index in [1.807, 2.05) is 12.1 Å². The SMILES string of the molecule is CC(C)(CNC(=O)C1(CO)CC1)c1ccncc1. The number of nitrogens with one attached hydrogen (secondary N) is 1. The maximum atomic E-state index is 12.0. The largest absolute Gasteiger partial charge is 0.395 e. The Bertz CT molecular complexity index is 425. The minimum Gasteiger partial charge on any atom is -0.395 e. The summed E-state index contributed by atoms with van der Waals surface area (Å²) >= 11 is 0. The molecule has 2 N–H and O–H groups in total. The van der Waals surface area contributed by atoms with E-state index in [1.165, 1.54) is 0 Å². The first-order valence-corrected chi connectivity index (χ1v) is 6.30. The van der Waals surface area contributed by atoms with Crippen LogP contribution in [0.2, 0.25) is 0 Å². The van der Waals surface area contributed by atoms with Gasteiger partial charge in [-0.3, -0.25) is 9.78 Å². The van der Waals surface area contributed by atoms with Crippen LogP contribution in [0, 0.1) is 5.41 Å². The van der Waals surface area contributed by atoms with Crippen molar-refractivity contribution >= 4 is 5.91 Å². The molecule has 1 aromatic rings. The average molecular weight is 248 g/mol. The lowest BCUT2D eigenvalue weighted by Crippen LogP contribution is -2.41. The molecule has 1 fully saturated rings. The van der Waals surface area contributed by atoms with Crippen molar-refractivity contribution in [3.8, 4) is 0 Å².